The van der Waals surface area contributed by atoms with Crippen LogP contribution >= 0.6 is 0 Å². The van der Waals surface area contributed by atoms with Gasteiger partial charge in [0.25, 0.3) is 5.56 Å². The van der Waals surface area contributed by atoms with Crippen molar-refractivity contribution >= 4 is 5.97 Å². The number of esters is 1. The van der Waals surface area contributed by atoms with Crippen LogP contribution in [0.1, 0.15) is 41.7 Å². The van der Waals surface area contributed by atoms with Crippen molar-refractivity contribution in [1.82, 2.24) is 4.98 Å². The van der Waals surface area contributed by atoms with Crippen LogP contribution in [0.15, 0.2) is 10.9 Å². The monoisotopic (exact) mass is 223 g/mol. The fourth-order valence-corrected chi connectivity index (χ4v) is 1.58. The standard InChI is InChI=1S/C11H13NO4/c1-2-16-11(15)9-8(13)5-7(6-3-4-6)12-10(9)14/h5-6H,2-4H2,1H3,(H2,12,13,14). The molecule has 1 saturated carbocycles. The summed E-state index contributed by atoms with van der Waals surface area (Å²) in [4.78, 5) is 25.6. The molecule has 16 heavy (non-hydrogen) atoms. The van der Waals surface area contributed by atoms with Gasteiger partial charge in [-0.2, -0.15) is 0 Å². The zero-order valence-corrected chi connectivity index (χ0v) is 8.95. The number of rotatable bonds is 3. The number of aromatic nitrogens is 1. The number of aromatic amines is 1. The molecule has 0 aliphatic heterocycles. The molecule has 0 unspecified atom stereocenters. The van der Waals surface area contributed by atoms with E-state index in [1.807, 2.05) is 0 Å². The Bertz CT molecular complexity index is 473. The van der Waals surface area contributed by atoms with Gasteiger partial charge in [0, 0.05) is 11.8 Å². The molecule has 1 aromatic rings. The molecule has 1 fully saturated rings. The summed E-state index contributed by atoms with van der Waals surface area (Å²) < 4.78 is 4.69. The van der Waals surface area contributed by atoms with Crippen LogP contribution in [0, 0.1) is 0 Å². The van der Waals surface area contributed by atoms with Gasteiger partial charge in [-0.15, -0.1) is 0 Å². The minimum Gasteiger partial charge on any atom is -0.507 e. The first-order valence-electron chi connectivity index (χ1n) is 5.26. The van der Waals surface area contributed by atoms with E-state index < -0.39 is 11.5 Å². The third kappa shape index (κ3) is 1.93. The molecule has 2 N–H and O–H groups in total. The second kappa shape index (κ2) is 4.00. The Kier molecular flexibility index (Phi) is 2.68. The third-order valence-electron chi connectivity index (χ3n) is 2.53. The first-order valence-corrected chi connectivity index (χ1v) is 5.26. The zero-order chi connectivity index (χ0) is 11.7. The molecule has 2 rings (SSSR count). The second-order valence-corrected chi connectivity index (χ2v) is 3.81. The van der Waals surface area contributed by atoms with Crippen molar-refractivity contribution in [3.05, 3.63) is 27.7 Å². The van der Waals surface area contributed by atoms with Crippen LogP contribution in [0.25, 0.3) is 0 Å². The third-order valence-corrected chi connectivity index (χ3v) is 2.53. The molecule has 0 bridgehead atoms. The lowest BCUT2D eigenvalue weighted by atomic mass is 10.2. The summed E-state index contributed by atoms with van der Waals surface area (Å²) in [6.45, 7) is 1.81. The Morgan fingerprint density at radius 1 is 1.62 bits per heavy atom. The van der Waals surface area contributed by atoms with E-state index in [4.69, 9.17) is 0 Å². The Hall–Kier alpha value is -1.78. The number of pyridine rings is 1. The highest BCUT2D eigenvalue weighted by Gasteiger charge is 2.27. The van der Waals surface area contributed by atoms with Gasteiger partial charge in [-0.05, 0) is 25.7 Å². The molecule has 1 heterocycles. The maximum atomic E-state index is 11.6. The van der Waals surface area contributed by atoms with Crippen LogP contribution in [-0.2, 0) is 4.74 Å². The number of carbonyl (C=O) groups excluding carboxylic acids is 1. The number of H-pyrrole nitrogens is 1. The maximum absolute atomic E-state index is 11.6. The molecule has 1 aromatic heterocycles. The van der Waals surface area contributed by atoms with Crippen molar-refractivity contribution in [2.24, 2.45) is 0 Å². The lowest BCUT2D eigenvalue weighted by molar-refractivity contribution is 0.0521. The van der Waals surface area contributed by atoms with E-state index in [2.05, 4.69) is 9.72 Å². The van der Waals surface area contributed by atoms with E-state index in [0.717, 1.165) is 12.8 Å². The number of nitrogens with one attached hydrogen (secondary N) is 1. The average molecular weight is 223 g/mol. The molecule has 0 saturated heterocycles. The Labute approximate surface area is 92.1 Å². The molecule has 86 valence electrons. The zero-order valence-electron chi connectivity index (χ0n) is 8.95. The van der Waals surface area contributed by atoms with Gasteiger partial charge >= 0.3 is 5.97 Å². The van der Waals surface area contributed by atoms with Crippen molar-refractivity contribution in [2.75, 3.05) is 6.61 Å². The van der Waals surface area contributed by atoms with Gasteiger partial charge in [0.1, 0.15) is 5.75 Å². The van der Waals surface area contributed by atoms with E-state index >= 15 is 0 Å². The van der Waals surface area contributed by atoms with Crippen LogP contribution in [0.5, 0.6) is 5.75 Å². The van der Waals surface area contributed by atoms with E-state index in [9.17, 15) is 14.7 Å². The molecule has 0 aromatic carbocycles. The number of hydrogen-bond donors (Lipinski definition) is 2. The summed E-state index contributed by atoms with van der Waals surface area (Å²) in [5, 5.41) is 9.63. The van der Waals surface area contributed by atoms with Crippen LogP contribution in [0.3, 0.4) is 0 Å². The molecule has 5 nitrogen and oxygen atoms in total. The number of aromatic hydroxyl groups is 1. The van der Waals surface area contributed by atoms with Gasteiger partial charge in [-0.3, -0.25) is 4.79 Å². The second-order valence-electron chi connectivity index (χ2n) is 3.81. The Morgan fingerprint density at radius 2 is 2.31 bits per heavy atom. The highest BCUT2D eigenvalue weighted by molar-refractivity contribution is 5.91. The van der Waals surface area contributed by atoms with Crippen molar-refractivity contribution in [3.8, 4) is 5.75 Å². The largest absolute Gasteiger partial charge is 0.507 e. The summed E-state index contributed by atoms with van der Waals surface area (Å²) in [7, 11) is 0. The first-order chi connectivity index (χ1) is 7.63. The first kappa shape index (κ1) is 10.7. The lowest BCUT2D eigenvalue weighted by Crippen LogP contribution is -2.20. The van der Waals surface area contributed by atoms with Gasteiger partial charge in [0.05, 0.1) is 6.61 Å². The summed E-state index contributed by atoms with van der Waals surface area (Å²) in [5.41, 5.74) is -0.206. The summed E-state index contributed by atoms with van der Waals surface area (Å²) in [5.74, 6) is -0.775. The number of hydrogen-bond acceptors (Lipinski definition) is 4. The quantitative estimate of drug-likeness (QED) is 0.753. The van der Waals surface area contributed by atoms with Crippen molar-refractivity contribution in [2.45, 2.75) is 25.7 Å². The molecule has 1 aliphatic carbocycles. The van der Waals surface area contributed by atoms with Crippen molar-refractivity contribution < 1.29 is 14.6 Å². The predicted octanol–water partition coefficient (Wildman–Crippen LogP) is 1.13. The molecule has 1 aliphatic rings. The molecule has 5 heteroatoms. The number of carbonyl (C=O) groups is 1. The minimum atomic E-state index is -0.788. The predicted molar refractivity (Wildman–Crippen MR) is 56.7 cm³/mol. The van der Waals surface area contributed by atoms with E-state index in [-0.39, 0.29) is 17.9 Å². The van der Waals surface area contributed by atoms with E-state index in [1.165, 1.54) is 6.07 Å². The van der Waals surface area contributed by atoms with Gasteiger partial charge in [0.2, 0.25) is 0 Å². The van der Waals surface area contributed by atoms with Gasteiger partial charge in [-0.25, -0.2) is 4.79 Å². The summed E-state index contributed by atoms with van der Waals surface area (Å²) in [6.07, 6.45) is 2.02. The van der Waals surface area contributed by atoms with E-state index in [1.54, 1.807) is 6.92 Å². The van der Waals surface area contributed by atoms with E-state index in [0.29, 0.717) is 11.6 Å². The van der Waals surface area contributed by atoms with Crippen LogP contribution in [0.4, 0.5) is 0 Å². The van der Waals surface area contributed by atoms with Gasteiger partial charge < -0.3 is 14.8 Å². The Morgan fingerprint density at radius 3 is 2.81 bits per heavy atom. The van der Waals surface area contributed by atoms with Crippen LogP contribution in [-0.4, -0.2) is 22.7 Å². The Balaban J connectivity index is 2.38. The normalized spacial score (nSPS) is 14.8. The highest BCUT2D eigenvalue weighted by Crippen LogP contribution is 2.39. The smallest absolute Gasteiger partial charge is 0.347 e. The molecule has 0 atom stereocenters. The minimum absolute atomic E-state index is 0.169. The molecule has 0 amide bonds. The molecular weight excluding hydrogens is 210 g/mol. The van der Waals surface area contributed by atoms with Gasteiger partial charge in [-0.1, -0.05) is 0 Å². The molecule has 0 spiro atoms. The average Bonchev–Trinajstić information content (AvgIpc) is 2.99. The van der Waals surface area contributed by atoms with Gasteiger partial charge in [0.15, 0.2) is 5.56 Å². The summed E-state index contributed by atoms with van der Waals surface area (Å²) >= 11 is 0. The molecular formula is C11H13NO4. The highest BCUT2D eigenvalue weighted by atomic mass is 16.5. The fourth-order valence-electron chi connectivity index (χ4n) is 1.58. The SMILES string of the molecule is CCOC(=O)c1c(O)cc(C2CC2)[nH]c1=O. The molecule has 0 radical (unpaired) electrons. The fraction of sp³-hybridized carbons (Fsp3) is 0.455. The van der Waals surface area contributed by atoms with Crippen LogP contribution < -0.4 is 5.56 Å². The van der Waals surface area contributed by atoms with Crippen molar-refractivity contribution in [3.63, 3.8) is 0 Å². The maximum Gasteiger partial charge on any atom is 0.347 e. The topological polar surface area (TPSA) is 79.4 Å². The number of ether oxygens (including phenoxy) is 1. The summed E-state index contributed by atoms with van der Waals surface area (Å²) in [6, 6.07) is 1.44. The lowest BCUT2D eigenvalue weighted by Gasteiger charge is -2.05. The van der Waals surface area contributed by atoms with Crippen molar-refractivity contribution in [1.29, 1.82) is 0 Å². The van der Waals surface area contributed by atoms with Crippen LogP contribution in [0.2, 0.25) is 0 Å².